The highest BCUT2D eigenvalue weighted by Crippen LogP contribution is 2.41. The minimum absolute atomic E-state index is 0.376. The number of carbonyl (C=O) groups excluding carboxylic acids is 1. The third-order valence-electron chi connectivity index (χ3n) is 12.5. The summed E-state index contributed by atoms with van der Waals surface area (Å²) in [4.78, 5) is 31.9. The van der Waals surface area contributed by atoms with Gasteiger partial charge in [-0.05, 0) is 111 Å². The molecule has 5 nitrogen and oxygen atoms in total. The zero-order chi connectivity index (χ0) is 43.2. The van der Waals surface area contributed by atoms with Crippen LogP contribution in [0.1, 0.15) is 124 Å². The predicted molar refractivity (Wildman–Crippen MR) is 262 cm³/mol. The van der Waals surface area contributed by atoms with E-state index in [4.69, 9.17) is 9.97 Å². The minimum atomic E-state index is 0.376. The van der Waals surface area contributed by atoms with Crippen molar-refractivity contribution in [1.29, 1.82) is 0 Å². The second kappa shape index (κ2) is 16.5. The first-order valence-corrected chi connectivity index (χ1v) is 22.0. The Kier molecular flexibility index (Phi) is 10.8. The first-order chi connectivity index (χ1) is 30.0. The van der Waals surface area contributed by atoms with Crippen molar-refractivity contribution in [2.45, 2.75) is 79.1 Å². The van der Waals surface area contributed by atoms with Crippen LogP contribution in [-0.2, 0) is 4.79 Å². The summed E-state index contributed by atoms with van der Waals surface area (Å²) in [5.74, 6) is 1.57. The molecule has 308 valence electrons. The van der Waals surface area contributed by atoms with Gasteiger partial charge in [0.2, 0.25) is 0 Å². The summed E-state index contributed by atoms with van der Waals surface area (Å²) in [6.45, 7) is 17.7. The van der Waals surface area contributed by atoms with Gasteiger partial charge < -0.3 is 9.97 Å². The average Bonchev–Trinajstić information content (AvgIpc) is 4.12. The molecule has 2 aliphatic rings. The van der Waals surface area contributed by atoms with Crippen LogP contribution in [-0.4, -0.2) is 26.2 Å². The molecule has 7 aromatic rings. The molecule has 0 radical (unpaired) electrons. The van der Waals surface area contributed by atoms with E-state index in [-0.39, 0.29) is 0 Å². The molecule has 0 atom stereocenters. The molecule has 62 heavy (non-hydrogen) atoms. The molecule has 0 saturated carbocycles. The zero-order valence-electron chi connectivity index (χ0n) is 37.0. The number of H-pyrrole nitrogens is 2. The van der Waals surface area contributed by atoms with E-state index in [9.17, 15) is 4.79 Å². The molecule has 2 aliphatic heterocycles. The van der Waals surface area contributed by atoms with E-state index in [0.29, 0.717) is 34.9 Å². The Morgan fingerprint density at radius 2 is 0.694 bits per heavy atom. The summed E-state index contributed by atoms with van der Waals surface area (Å²) in [5.41, 5.74) is 20.2. The van der Waals surface area contributed by atoms with Crippen LogP contribution in [0.3, 0.4) is 0 Å². The molecule has 2 N–H and O–H groups in total. The number of hydrogen-bond acceptors (Lipinski definition) is 3. The second-order valence-electron chi connectivity index (χ2n) is 18.0. The summed E-state index contributed by atoms with van der Waals surface area (Å²) in [6, 6.07) is 43.7. The van der Waals surface area contributed by atoms with Crippen LogP contribution in [0.15, 0.2) is 121 Å². The number of aromatic amines is 2. The molecule has 5 heterocycles. The van der Waals surface area contributed by atoms with Crippen molar-refractivity contribution in [1.82, 2.24) is 19.9 Å². The van der Waals surface area contributed by atoms with Gasteiger partial charge >= 0.3 is 0 Å². The van der Waals surface area contributed by atoms with Crippen molar-refractivity contribution in [2.24, 2.45) is 0 Å². The van der Waals surface area contributed by atoms with E-state index in [1.807, 2.05) is 6.08 Å². The fourth-order valence-corrected chi connectivity index (χ4v) is 8.75. The highest BCUT2D eigenvalue weighted by atomic mass is 16.1. The third-order valence-corrected chi connectivity index (χ3v) is 12.5. The molecular formula is C57H54N4O. The molecule has 0 unspecified atom stereocenters. The number of rotatable bonds is 9. The number of aromatic nitrogens is 4. The van der Waals surface area contributed by atoms with Crippen LogP contribution in [0.5, 0.6) is 0 Å². The molecule has 5 heteroatoms. The Balaban J connectivity index is 1.45. The largest absolute Gasteiger partial charge is 0.354 e. The lowest BCUT2D eigenvalue weighted by atomic mass is 9.96. The Hall–Kier alpha value is -6.85. The molecule has 0 amide bonds. The fourth-order valence-electron chi connectivity index (χ4n) is 8.75. The van der Waals surface area contributed by atoms with E-state index in [1.54, 1.807) is 0 Å². The van der Waals surface area contributed by atoms with Gasteiger partial charge in [-0.3, -0.25) is 4.79 Å². The van der Waals surface area contributed by atoms with Crippen molar-refractivity contribution < 1.29 is 4.79 Å². The van der Waals surface area contributed by atoms with Gasteiger partial charge in [0, 0.05) is 49.9 Å². The number of carbonyl (C=O) groups is 1. The van der Waals surface area contributed by atoms with Gasteiger partial charge in [-0.1, -0.05) is 152 Å². The number of aldehydes is 1. The van der Waals surface area contributed by atoms with Gasteiger partial charge in [0.05, 0.1) is 22.8 Å². The zero-order valence-corrected chi connectivity index (χ0v) is 37.0. The highest BCUT2D eigenvalue weighted by Gasteiger charge is 2.23. The number of nitrogens with zero attached hydrogens (tertiary/aromatic N) is 2. The first-order valence-electron chi connectivity index (χ1n) is 22.0. The Labute approximate surface area is 365 Å². The average molecular weight is 811 g/mol. The van der Waals surface area contributed by atoms with Crippen LogP contribution < -0.4 is 0 Å². The number of benzene rings is 4. The summed E-state index contributed by atoms with van der Waals surface area (Å²) in [6.07, 6.45) is 7.19. The van der Waals surface area contributed by atoms with Crippen molar-refractivity contribution in [3.05, 3.63) is 166 Å². The Morgan fingerprint density at radius 3 is 1.02 bits per heavy atom. The monoisotopic (exact) mass is 810 g/mol. The summed E-state index contributed by atoms with van der Waals surface area (Å²) in [5, 5.41) is 0. The SMILES string of the molecule is CC(C)c1ccc(-c2c3nc(c(-c4ccc(C(C)C)cc4)c4ccc([nH]4)c(-c4ccc(C(C)C)cc4)c4nc(c(-c5ccc(C(C)C)cc5)c5ccc2[nH]5)C=C4C=O)C=C3)cc1. The minimum Gasteiger partial charge on any atom is -0.354 e. The molecule has 0 aliphatic carbocycles. The smallest absolute Gasteiger partial charge is 0.152 e. The number of allylic oxidation sites excluding steroid dienone is 1. The predicted octanol–water partition coefficient (Wildman–Crippen LogP) is 15.4. The van der Waals surface area contributed by atoms with Crippen molar-refractivity contribution in [3.63, 3.8) is 0 Å². The van der Waals surface area contributed by atoms with Gasteiger partial charge in [-0.2, -0.15) is 0 Å². The maximum Gasteiger partial charge on any atom is 0.152 e. The van der Waals surface area contributed by atoms with E-state index in [2.05, 4.69) is 199 Å². The van der Waals surface area contributed by atoms with Gasteiger partial charge in [0.1, 0.15) is 0 Å². The van der Waals surface area contributed by atoms with E-state index in [0.717, 1.165) is 89.9 Å². The summed E-state index contributed by atoms with van der Waals surface area (Å²) in [7, 11) is 0. The maximum absolute atomic E-state index is 13.3. The summed E-state index contributed by atoms with van der Waals surface area (Å²) >= 11 is 0. The van der Waals surface area contributed by atoms with Gasteiger partial charge in [-0.25, -0.2) is 9.97 Å². The second-order valence-corrected chi connectivity index (χ2v) is 18.0. The quantitative estimate of drug-likeness (QED) is 0.143. The molecule has 0 saturated heterocycles. The molecule has 0 spiro atoms. The van der Waals surface area contributed by atoms with Crippen LogP contribution in [0.2, 0.25) is 0 Å². The van der Waals surface area contributed by atoms with Crippen LogP contribution in [0.25, 0.3) is 90.4 Å². The normalized spacial score (nSPS) is 12.5. The number of fused-ring (bicyclic) bond motifs is 8. The van der Waals surface area contributed by atoms with Gasteiger partial charge in [0.25, 0.3) is 0 Å². The maximum atomic E-state index is 13.3. The molecule has 3 aromatic heterocycles. The number of nitrogens with one attached hydrogen (secondary N) is 2. The van der Waals surface area contributed by atoms with Crippen molar-refractivity contribution >= 4 is 52.2 Å². The Bertz CT molecular complexity index is 3040. The lowest BCUT2D eigenvalue weighted by Crippen LogP contribution is -1.93. The summed E-state index contributed by atoms with van der Waals surface area (Å²) < 4.78 is 0. The van der Waals surface area contributed by atoms with Crippen molar-refractivity contribution in [3.8, 4) is 44.5 Å². The fraction of sp³-hybridized carbons (Fsp3) is 0.211. The van der Waals surface area contributed by atoms with Crippen LogP contribution in [0.4, 0.5) is 0 Å². The van der Waals surface area contributed by atoms with E-state index < -0.39 is 0 Å². The topological polar surface area (TPSA) is 74.4 Å². The van der Waals surface area contributed by atoms with Crippen LogP contribution in [0, 0.1) is 0 Å². The number of hydrogen-bond donors (Lipinski definition) is 2. The molecule has 8 bridgehead atoms. The van der Waals surface area contributed by atoms with Gasteiger partial charge in [-0.15, -0.1) is 0 Å². The van der Waals surface area contributed by atoms with Crippen molar-refractivity contribution in [2.75, 3.05) is 0 Å². The lowest BCUT2D eigenvalue weighted by Gasteiger charge is -2.10. The Morgan fingerprint density at radius 1 is 0.387 bits per heavy atom. The van der Waals surface area contributed by atoms with Gasteiger partial charge in [0.15, 0.2) is 6.29 Å². The van der Waals surface area contributed by atoms with E-state index >= 15 is 0 Å². The highest BCUT2D eigenvalue weighted by molar-refractivity contribution is 6.18. The molecule has 4 aromatic carbocycles. The van der Waals surface area contributed by atoms with Crippen LogP contribution >= 0.6 is 0 Å². The lowest BCUT2D eigenvalue weighted by molar-refractivity contribution is -0.103. The molecular weight excluding hydrogens is 757 g/mol. The van der Waals surface area contributed by atoms with E-state index in [1.165, 1.54) is 22.3 Å². The molecule has 0 fully saturated rings. The first kappa shape index (κ1) is 40.6. The third kappa shape index (κ3) is 7.57. The molecule has 9 rings (SSSR count). The standard InChI is InChI=1S/C57H54N4O/c1-33(2)37-9-17-41(18-10-37)53-46-25-26-47(58-46)54(42-19-11-38(12-20-42)34(3)4)49-29-30-51(60-49)56(44-23-15-40(16-24-44)36(7)8)57-45(32-62)31-52(61-57)55(50-28-27-48(53)59-50)43-21-13-39(14-22-43)35(5)6/h9-36,59-60H,1-8H3.